The molecule has 1 N–H and O–H groups in total. The molecule has 0 aliphatic carbocycles. The Morgan fingerprint density at radius 2 is 2.00 bits per heavy atom. The lowest BCUT2D eigenvalue weighted by Gasteiger charge is -2.37. The molecule has 1 aromatic rings. The summed E-state index contributed by atoms with van der Waals surface area (Å²) >= 11 is 6.50. The summed E-state index contributed by atoms with van der Waals surface area (Å²) in [5.74, 6) is 0. The van der Waals surface area contributed by atoms with Crippen LogP contribution in [-0.4, -0.2) is 44.2 Å². The summed E-state index contributed by atoms with van der Waals surface area (Å²) in [6.45, 7) is 9.78. The van der Waals surface area contributed by atoms with Gasteiger partial charge in [0.05, 0.1) is 10.7 Å². The summed E-state index contributed by atoms with van der Waals surface area (Å²) in [6.07, 6.45) is 2.44. The van der Waals surface area contributed by atoms with E-state index in [0.717, 1.165) is 30.3 Å². The molecule has 1 fully saturated rings. The van der Waals surface area contributed by atoms with E-state index in [9.17, 15) is 0 Å². The fourth-order valence-electron chi connectivity index (χ4n) is 3.04. The van der Waals surface area contributed by atoms with E-state index in [1.54, 1.807) is 0 Å². The summed E-state index contributed by atoms with van der Waals surface area (Å²) in [4.78, 5) is 4.89. The zero-order valence-corrected chi connectivity index (χ0v) is 14.3. The molecule has 1 heterocycles. The molecule has 3 nitrogen and oxygen atoms in total. The smallest absolute Gasteiger partial charge is 0.0642 e. The van der Waals surface area contributed by atoms with Crippen LogP contribution in [0.2, 0.25) is 5.02 Å². The van der Waals surface area contributed by atoms with Crippen molar-refractivity contribution in [2.24, 2.45) is 0 Å². The fraction of sp³-hybridized carbons (Fsp3) is 0.647. The van der Waals surface area contributed by atoms with Crippen LogP contribution in [0.15, 0.2) is 18.2 Å². The van der Waals surface area contributed by atoms with Gasteiger partial charge in [0.15, 0.2) is 0 Å². The second-order valence-corrected chi connectivity index (χ2v) is 6.25. The first kappa shape index (κ1) is 16.6. The van der Waals surface area contributed by atoms with Crippen molar-refractivity contribution in [3.05, 3.63) is 28.8 Å². The molecular weight excluding hydrogens is 282 g/mol. The van der Waals surface area contributed by atoms with Crippen molar-refractivity contribution in [2.75, 3.05) is 38.1 Å². The largest absolute Gasteiger partial charge is 0.370 e. The quantitative estimate of drug-likeness (QED) is 0.869. The number of anilines is 1. The van der Waals surface area contributed by atoms with Crippen molar-refractivity contribution in [1.29, 1.82) is 0 Å². The first-order chi connectivity index (χ1) is 10.2. The first-order valence-electron chi connectivity index (χ1n) is 8.10. The number of benzene rings is 1. The number of hydrogen-bond donors (Lipinski definition) is 1. The van der Waals surface area contributed by atoms with E-state index in [2.05, 4.69) is 54.2 Å². The van der Waals surface area contributed by atoms with E-state index >= 15 is 0 Å². The maximum Gasteiger partial charge on any atom is 0.0642 e. The zero-order valence-electron chi connectivity index (χ0n) is 13.5. The standard InChI is InChI=1S/C17H28ClN3/c1-4-19-13-14-6-7-17(16(18)12-14)20(3)15-8-10-21(5-2)11-9-15/h6-7,12,15,19H,4-5,8-11,13H2,1-3H3. The van der Waals surface area contributed by atoms with Crippen molar-refractivity contribution in [3.63, 3.8) is 0 Å². The Balaban J connectivity index is 2.00. The summed E-state index contributed by atoms with van der Waals surface area (Å²) < 4.78 is 0. The van der Waals surface area contributed by atoms with Crippen molar-refractivity contribution >= 4 is 17.3 Å². The predicted molar refractivity (Wildman–Crippen MR) is 92.4 cm³/mol. The first-order valence-corrected chi connectivity index (χ1v) is 8.47. The zero-order chi connectivity index (χ0) is 15.2. The molecule has 0 bridgehead atoms. The highest BCUT2D eigenvalue weighted by atomic mass is 35.5. The summed E-state index contributed by atoms with van der Waals surface area (Å²) in [5.41, 5.74) is 2.41. The lowest BCUT2D eigenvalue weighted by atomic mass is 10.0. The molecule has 0 unspecified atom stereocenters. The summed E-state index contributed by atoms with van der Waals surface area (Å²) in [5, 5.41) is 4.20. The van der Waals surface area contributed by atoms with Gasteiger partial charge in [0.1, 0.15) is 0 Å². The Morgan fingerprint density at radius 3 is 2.57 bits per heavy atom. The van der Waals surface area contributed by atoms with Gasteiger partial charge in [-0.2, -0.15) is 0 Å². The van der Waals surface area contributed by atoms with Gasteiger partial charge in [-0.15, -0.1) is 0 Å². The predicted octanol–water partition coefficient (Wildman–Crippen LogP) is 3.37. The second-order valence-electron chi connectivity index (χ2n) is 5.84. The van der Waals surface area contributed by atoms with Crippen LogP contribution in [0.1, 0.15) is 32.3 Å². The summed E-state index contributed by atoms with van der Waals surface area (Å²) in [6, 6.07) is 7.05. The van der Waals surface area contributed by atoms with E-state index < -0.39 is 0 Å². The van der Waals surface area contributed by atoms with Gasteiger partial charge in [-0.25, -0.2) is 0 Å². The van der Waals surface area contributed by atoms with Crippen LogP contribution >= 0.6 is 11.6 Å². The Morgan fingerprint density at radius 1 is 1.29 bits per heavy atom. The van der Waals surface area contributed by atoms with E-state index in [0.29, 0.717) is 6.04 Å². The number of rotatable bonds is 6. The fourth-order valence-corrected chi connectivity index (χ4v) is 3.37. The number of nitrogens with one attached hydrogen (secondary N) is 1. The van der Waals surface area contributed by atoms with Gasteiger partial charge < -0.3 is 15.1 Å². The number of piperidine rings is 1. The molecule has 0 radical (unpaired) electrons. The molecule has 4 heteroatoms. The molecular formula is C17H28ClN3. The molecule has 0 spiro atoms. The van der Waals surface area contributed by atoms with Crippen LogP contribution < -0.4 is 10.2 Å². The summed E-state index contributed by atoms with van der Waals surface area (Å²) in [7, 11) is 2.18. The van der Waals surface area contributed by atoms with Gasteiger partial charge >= 0.3 is 0 Å². The molecule has 21 heavy (non-hydrogen) atoms. The van der Waals surface area contributed by atoms with Crippen LogP contribution in [-0.2, 0) is 6.54 Å². The van der Waals surface area contributed by atoms with Crippen LogP contribution in [0.5, 0.6) is 0 Å². The highest BCUT2D eigenvalue weighted by molar-refractivity contribution is 6.33. The van der Waals surface area contributed by atoms with Gasteiger partial charge in [-0.3, -0.25) is 0 Å². The normalized spacial score (nSPS) is 17.1. The minimum Gasteiger partial charge on any atom is -0.370 e. The van der Waals surface area contributed by atoms with Gasteiger partial charge in [0.2, 0.25) is 0 Å². The van der Waals surface area contributed by atoms with Crippen molar-refractivity contribution in [1.82, 2.24) is 10.2 Å². The minimum atomic E-state index is 0.602. The average Bonchev–Trinajstić information content (AvgIpc) is 2.52. The molecule has 118 valence electrons. The van der Waals surface area contributed by atoms with E-state index in [4.69, 9.17) is 11.6 Å². The molecule has 1 saturated heterocycles. The molecule has 1 aliphatic heterocycles. The molecule has 0 aromatic heterocycles. The van der Waals surface area contributed by atoms with Crippen molar-refractivity contribution < 1.29 is 0 Å². The monoisotopic (exact) mass is 309 g/mol. The third-order valence-electron chi connectivity index (χ3n) is 4.52. The maximum atomic E-state index is 6.50. The van der Waals surface area contributed by atoms with Gasteiger partial charge in [-0.1, -0.05) is 31.5 Å². The molecule has 1 aliphatic rings. The lowest BCUT2D eigenvalue weighted by molar-refractivity contribution is 0.221. The Bertz CT molecular complexity index is 442. The third-order valence-corrected chi connectivity index (χ3v) is 4.83. The van der Waals surface area contributed by atoms with Gasteiger partial charge in [0.25, 0.3) is 0 Å². The minimum absolute atomic E-state index is 0.602. The van der Waals surface area contributed by atoms with Crippen LogP contribution in [0.4, 0.5) is 5.69 Å². The van der Waals surface area contributed by atoms with Gasteiger partial charge in [-0.05, 0) is 43.6 Å². The maximum absolute atomic E-state index is 6.50. The molecule has 2 rings (SSSR count). The van der Waals surface area contributed by atoms with Gasteiger partial charge in [0, 0.05) is 32.7 Å². The number of likely N-dealkylation sites (tertiary alicyclic amines) is 1. The number of hydrogen-bond acceptors (Lipinski definition) is 3. The Hall–Kier alpha value is -0.770. The van der Waals surface area contributed by atoms with Crippen molar-refractivity contribution in [2.45, 2.75) is 39.3 Å². The highest BCUT2D eigenvalue weighted by Gasteiger charge is 2.22. The van der Waals surface area contributed by atoms with Crippen LogP contribution in [0.25, 0.3) is 0 Å². The van der Waals surface area contributed by atoms with E-state index in [-0.39, 0.29) is 0 Å². The second kappa shape index (κ2) is 8.02. The number of halogens is 1. The molecule has 0 amide bonds. The average molecular weight is 310 g/mol. The van der Waals surface area contributed by atoms with Crippen LogP contribution in [0.3, 0.4) is 0 Å². The lowest BCUT2D eigenvalue weighted by Crippen LogP contribution is -2.43. The molecule has 0 saturated carbocycles. The third kappa shape index (κ3) is 4.35. The van der Waals surface area contributed by atoms with E-state index in [1.165, 1.54) is 31.5 Å². The molecule has 0 atom stereocenters. The Kier molecular flexibility index (Phi) is 6.34. The topological polar surface area (TPSA) is 18.5 Å². The Labute approximate surface area is 134 Å². The highest BCUT2D eigenvalue weighted by Crippen LogP contribution is 2.30. The SMILES string of the molecule is CCNCc1ccc(N(C)C2CCN(CC)CC2)c(Cl)c1. The van der Waals surface area contributed by atoms with Crippen LogP contribution in [0, 0.1) is 0 Å². The van der Waals surface area contributed by atoms with E-state index in [1.807, 2.05) is 0 Å². The molecule has 1 aromatic carbocycles. The van der Waals surface area contributed by atoms with Crippen molar-refractivity contribution in [3.8, 4) is 0 Å². The number of nitrogens with zero attached hydrogens (tertiary/aromatic N) is 2.